The van der Waals surface area contributed by atoms with Gasteiger partial charge in [-0.1, -0.05) is 6.07 Å². The number of nitrogens with one attached hydrogen (secondary N) is 1. The van der Waals surface area contributed by atoms with Gasteiger partial charge in [0, 0.05) is 18.8 Å². The van der Waals surface area contributed by atoms with E-state index in [9.17, 15) is 4.79 Å². The standard InChI is InChI=1S/C12H10N2O3S/c15-11-3-4-14(12(18)13-11)6-8-1-2-9-10(5-8)17-7-16-9/h1-5H,6-7H2,(H,13,15,18). The Hall–Kier alpha value is -2.08. The maximum atomic E-state index is 11.1. The molecule has 6 heteroatoms. The highest BCUT2D eigenvalue weighted by atomic mass is 32.1. The molecule has 0 unspecified atom stereocenters. The maximum absolute atomic E-state index is 11.1. The zero-order chi connectivity index (χ0) is 12.5. The number of ether oxygens (including phenoxy) is 2. The first-order valence-corrected chi connectivity index (χ1v) is 5.81. The summed E-state index contributed by atoms with van der Waals surface area (Å²) >= 11 is 5.09. The summed E-state index contributed by atoms with van der Waals surface area (Å²) in [5.74, 6) is 1.49. The number of hydrogen-bond acceptors (Lipinski definition) is 4. The summed E-state index contributed by atoms with van der Waals surface area (Å²) in [6.07, 6.45) is 1.67. The third kappa shape index (κ3) is 2.02. The lowest BCUT2D eigenvalue weighted by molar-refractivity contribution is 0.174. The van der Waals surface area contributed by atoms with Gasteiger partial charge in [0.15, 0.2) is 16.3 Å². The SMILES string of the molecule is O=c1ccn(Cc2ccc3c(c2)OCO3)c(=S)[nH]1. The van der Waals surface area contributed by atoms with E-state index in [-0.39, 0.29) is 12.4 Å². The van der Waals surface area contributed by atoms with Gasteiger partial charge in [-0.15, -0.1) is 0 Å². The number of benzene rings is 1. The van der Waals surface area contributed by atoms with Crippen molar-refractivity contribution in [3.8, 4) is 11.5 Å². The van der Waals surface area contributed by atoms with E-state index in [1.54, 1.807) is 10.8 Å². The zero-order valence-electron chi connectivity index (χ0n) is 9.38. The number of aromatic nitrogens is 2. The molecule has 92 valence electrons. The molecule has 3 rings (SSSR count). The molecule has 0 fully saturated rings. The molecule has 1 aliphatic heterocycles. The minimum Gasteiger partial charge on any atom is -0.454 e. The van der Waals surface area contributed by atoms with Gasteiger partial charge in [-0.25, -0.2) is 0 Å². The molecule has 0 radical (unpaired) electrons. The molecule has 1 aliphatic rings. The van der Waals surface area contributed by atoms with Crippen molar-refractivity contribution in [2.75, 3.05) is 6.79 Å². The smallest absolute Gasteiger partial charge is 0.251 e. The molecule has 0 spiro atoms. The van der Waals surface area contributed by atoms with Crippen molar-refractivity contribution in [2.24, 2.45) is 0 Å². The van der Waals surface area contributed by atoms with Crippen LogP contribution >= 0.6 is 12.2 Å². The molecule has 0 bridgehead atoms. The average molecular weight is 262 g/mol. The molecule has 0 saturated heterocycles. The van der Waals surface area contributed by atoms with E-state index in [4.69, 9.17) is 21.7 Å². The molecule has 5 nitrogen and oxygen atoms in total. The van der Waals surface area contributed by atoms with Gasteiger partial charge in [0.25, 0.3) is 5.56 Å². The van der Waals surface area contributed by atoms with Gasteiger partial charge in [-0.2, -0.15) is 0 Å². The van der Waals surface area contributed by atoms with Gasteiger partial charge in [-0.3, -0.25) is 9.78 Å². The molecule has 1 aromatic heterocycles. The first-order chi connectivity index (χ1) is 8.72. The number of H-pyrrole nitrogens is 1. The van der Waals surface area contributed by atoms with Crippen LogP contribution in [-0.2, 0) is 6.54 Å². The summed E-state index contributed by atoms with van der Waals surface area (Å²) in [6, 6.07) is 7.17. The van der Waals surface area contributed by atoms with E-state index in [0.29, 0.717) is 11.3 Å². The van der Waals surface area contributed by atoms with E-state index < -0.39 is 0 Å². The van der Waals surface area contributed by atoms with Gasteiger partial charge in [0.05, 0.1) is 0 Å². The van der Waals surface area contributed by atoms with Crippen molar-refractivity contribution in [2.45, 2.75) is 6.54 Å². The van der Waals surface area contributed by atoms with Crippen molar-refractivity contribution >= 4 is 12.2 Å². The topological polar surface area (TPSA) is 56.2 Å². The van der Waals surface area contributed by atoms with Gasteiger partial charge in [0.1, 0.15) is 0 Å². The third-order valence-electron chi connectivity index (χ3n) is 2.69. The van der Waals surface area contributed by atoms with Crippen molar-refractivity contribution in [1.29, 1.82) is 0 Å². The Morgan fingerprint density at radius 2 is 2.11 bits per heavy atom. The number of rotatable bonds is 2. The predicted molar refractivity (Wildman–Crippen MR) is 67.6 cm³/mol. The number of fused-ring (bicyclic) bond motifs is 1. The highest BCUT2D eigenvalue weighted by molar-refractivity contribution is 7.71. The Morgan fingerprint density at radius 3 is 2.94 bits per heavy atom. The molecule has 2 aromatic rings. The summed E-state index contributed by atoms with van der Waals surface area (Å²) < 4.78 is 12.7. The predicted octanol–water partition coefficient (Wildman–Crippen LogP) is 1.68. The lowest BCUT2D eigenvalue weighted by atomic mass is 10.2. The molecule has 0 atom stereocenters. The summed E-state index contributed by atoms with van der Waals surface area (Å²) in [5, 5.41) is 0. The summed E-state index contributed by atoms with van der Waals surface area (Å²) in [7, 11) is 0. The van der Waals surface area contributed by atoms with Crippen LogP contribution in [0.25, 0.3) is 0 Å². The Morgan fingerprint density at radius 1 is 1.28 bits per heavy atom. The van der Waals surface area contributed by atoms with Gasteiger partial charge in [0.2, 0.25) is 6.79 Å². The van der Waals surface area contributed by atoms with Crippen LogP contribution in [0.5, 0.6) is 11.5 Å². The molecule has 0 aliphatic carbocycles. The molecule has 1 N–H and O–H groups in total. The first-order valence-electron chi connectivity index (χ1n) is 5.41. The highest BCUT2D eigenvalue weighted by Gasteiger charge is 2.13. The summed E-state index contributed by atoms with van der Waals surface area (Å²) in [4.78, 5) is 13.7. The minimum absolute atomic E-state index is 0.193. The molecule has 18 heavy (non-hydrogen) atoms. The van der Waals surface area contributed by atoms with Crippen LogP contribution in [0, 0.1) is 4.77 Å². The van der Waals surface area contributed by atoms with Crippen LogP contribution in [0.4, 0.5) is 0 Å². The van der Waals surface area contributed by atoms with Gasteiger partial charge < -0.3 is 14.0 Å². The Balaban J connectivity index is 1.93. The van der Waals surface area contributed by atoms with Crippen LogP contribution in [0.1, 0.15) is 5.56 Å². The molecule has 0 saturated carbocycles. The molecular formula is C12H10N2O3S. The normalized spacial score (nSPS) is 12.7. The largest absolute Gasteiger partial charge is 0.454 e. The lowest BCUT2D eigenvalue weighted by Gasteiger charge is -2.06. The fourth-order valence-electron chi connectivity index (χ4n) is 1.80. The maximum Gasteiger partial charge on any atom is 0.251 e. The molecular weight excluding hydrogens is 252 g/mol. The quantitative estimate of drug-likeness (QED) is 0.837. The number of hydrogen-bond donors (Lipinski definition) is 1. The van der Waals surface area contributed by atoms with Crippen LogP contribution in [0.3, 0.4) is 0 Å². The average Bonchev–Trinajstić information content (AvgIpc) is 2.80. The minimum atomic E-state index is -0.193. The second-order valence-corrected chi connectivity index (χ2v) is 4.31. The Kier molecular flexibility index (Phi) is 2.64. The number of aromatic amines is 1. The van der Waals surface area contributed by atoms with Gasteiger partial charge in [-0.05, 0) is 29.9 Å². The van der Waals surface area contributed by atoms with Crippen molar-refractivity contribution in [1.82, 2.24) is 9.55 Å². The van der Waals surface area contributed by atoms with Crippen LogP contribution in [-0.4, -0.2) is 16.3 Å². The Bertz CT molecular complexity index is 705. The number of nitrogens with zero attached hydrogens (tertiary/aromatic N) is 1. The van der Waals surface area contributed by atoms with Crippen LogP contribution in [0.2, 0.25) is 0 Å². The van der Waals surface area contributed by atoms with Crippen molar-refractivity contribution < 1.29 is 9.47 Å². The molecule has 1 aromatic carbocycles. The lowest BCUT2D eigenvalue weighted by Crippen LogP contribution is -2.11. The van der Waals surface area contributed by atoms with Gasteiger partial charge >= 0.3 is 0 Å². The van der Waals surface area contributed by atoms with Crippen LogP contribution in [0.15, 0.2) is 35.3 Å². The van der Waals surface area contributed by atoms with E-state index in [2.05, 4.69) is 4.98 Å². The fourth-order valence-corrected chi connectivity index (χ4v) is 2.03. The zero-order valence-corrected chi connectivity index (χ0v) is 10.2. The molecule has 0 amide bonds. The van der Waals surface area contributed by atoms with E-state index in [1.165, 1.54) is 6.07 Å². The van der Waals surface area contributed by atoms with Crippen molar-refractivity contribution in [3.05, 3.63) is 51.2 Å². The third-order valence-corrected chi connectivity index (χ3v) is 3.02. The highest BCUT2D eigenvalue weighted by Crippen LogP contribution is 2.32. The van der Waals surface area contributed by atoms with E-state index >= 15 is 0 Å². The second-order valence-electron chi connectivity index (χ2n) is 3.93. The Labute approximate surface area is 108 Å². The van der Waals surface area contributed by atoms with Crippen LogP contribution < -0.4 is 15.0 Å². The monoisotopic (exact) mass is 262 g/mol. The second kappa shape index (κ2) is 4.30. The summed E-state index contributed by atoms with van der Waals surface area (Å²) in [6.45, 7) is 0.836. The fraction of sp³-hybridized carbons (Fsp3) is 0.167. The summed E-state index contributed by atoms with van der Waals surface area (Å²) in [5.41, 5.74) is 0.837. The van der Waals surface area contributed by atoms with Crippen molar-refractivity contribution in [3.63, 3.8) is 0 Å². The van der Waals surface area contributed by atoms with E-state index in [1.807, 2.05) is 18.2 Å². The molecule has 2 heterocycles. The first kappa shape index (κ1) is 11.0. The van der Waals surface area contributed by atoms with E-state index in [0.717, 1.165) is 17.1 Å².